The van der Waals surface area contributed by atoms with Crippen molar-refractivity contribution in [2.24, 2.45) is 10.7 Å². The average molecular weight is 416 g/mol. The zero-order valence-electron chi connectivity index (χ0n) is 16.4. The number of aldehydes is 1. The molecule has 152 valence electrons. The van der Waals surface area contributed by atoms with Crippen molar-refractivity contribution in [1.29, 1.82) is 0 Å². The van der Waals surface area contributed by atoms with Crippen molar-refractivity contribution in [3.8, 4) is 16.9 Å². The predicted molar refractivity (Wildman–Crippen MR) is 114 cm³/mol. The number of hydrogen-bond donors (Lipinski definition) is 1. The first-order chi connectivity index (χ1) is 13.8. The maximum atomic E-state index is 12.8. The van der Waals surface area contributed by atoms with Crippen molar-refractivity contribution in [2.45, 2.75) is 19.4 Å². The maximum Gasteiger partial charge on any atom is 0.252 e. The molecule has 1 atom stereocenters. The lowest BCUT2D eigenvalue weighted by Gasteiger charge is -2.18. The number of ketones is 1. The molecule has 0 saturated heterocycles. The molecule has 0 fully saturated rings. The number of aliphatic imine (C=N–C) groups is 1. The molecule has 0 bridgehead atoms. The summed E-state index contributed by atoms with van der Waals surface area (Å²) in [7, 11) is 3.04. The van der Waals surface area contributed by atoms with E-state index >= 15 is 0 Å². The van der Waals surface area contributed by atoms with Crippen LogP contribution in [0, 0.1) is 0 Å². The quantitative estimate of drug-likeness (QED) is 0.405. The molecule has 0 aliphatic heterocycles. The van der Waals surface area contributed by atoms with E-state index in [0.29, 0.717) is 39.4 Å². The summed E-state index contributed by atoms with van der Waals surface area (Å²) in [6.07, 6.45) is 5.28. The first kappa shape index (κ1) is 22.1. The fraction of sp³-hybridized carbons (Fsp3) is 0.238. The third kappa shape index (κ3) is 5.20. The van der Waals surface area contributed by atoms with Gasteiger partial charge in [-0.1, -0.05) is 11.6 Å². The van der Waals surface area contributed by atoms with E-state index in [1.54, 1.807) is 31.3 Å². The number of ether oxygens (including phenoxy) is 1. The maximum absolute atomic E-state index is 12.8. The zero-order valence-corrected chi connectivity index (χ0v) is 17.1. The molecule has 1 heterocycles. The van der Waals surface area contributed by atoms with Crippen molar-refractivity contribution in [3.05, 3.63) is 63.2 Å². The van der Waals surface area contributed by atoms with Gasteiger partial charge in [-0.25, -0.2) is 0 Å². The standard InChI is InChI=1S/C21H22ClN3O4/c1-13(27)17-5-4-14(22)8-18(17)19-10-21(28)25(11-20(19)29-3)16(12-26)9-15(23)6-7-24-2/h4-8,10-12,16H,9,23H2,1-3H3. The third-order valence-electron chi connectivity index (χ3n) is 4.31. The Morgan fingerprint density at radius 2 is 2.07 bits per heavy atom. The monoisotopic (exact) mass is 415 g/mol. The van der Waals surface area contributed by atoms with E-state index in [4.69, 9.17) is 22.1 Å². The van der Waals surface area contributed by atoms with Crippen LogP contribution in [0.2, 0.25) is 5.02 Å². The van der Waals surface area contributed by atoms with Gasteiger partial charge in [0, 0.05) is 47.6 Å². The molecule has 2 N–H and O–H groups in total. The van der Waals surface area contributed by atoms with Gasteiger partial charge in [-0.2, -0.15) is 0 Å². The van der Waals surface area contributed by atoms with E-state index in [0.717, 1.165) is 0 Å². The van der Waals surface area contributed by atoms with E-state index in [-0.39, 0.29) is 12.2 Å². The number of allylic oxidation sites excluding steroid dienone is 2. The lowest BCUT2D eigenvalue weighted by Crippen LogP contribution is -2.26. The normalized spacial score (nSPS) is 12.8. The Morgan fingerprint density at radius 3 is 2.66 bits per heavy atom. The number of aromatic nitrogens is 1. The lowest BCUT2D eigenvalue weighted by atomic mass is 9.97. The number of Topliss-reactive ketones (excluding diaryl/α,β-unsaturated/α-hetero) is 1. The van der Waals surface area contributed by atoms with Crippen LogP contribution >= 0.6 is 11.6 Å². The van der Waals surface area contributed by atoms with Gasteiger partial charge in [0.25, 0.3) is 5.56 Å². The number of halogens is 1. The highest BCUT2D eigenvalue weighted by atomic mass is 35.5. The summed E-state index contributed by atoms with van der Waals surface area (Å²) in [6.45, 7) is 1.43. The molecule has 1 aromatic carbocycles. The Morgan fingerprint density at radius 1 is 1.34 bits per heavy atom. The minimum atomic E-state index is -0.821. The SMILES string of the molecule is CN=CC=C(N)CC(C=O)n1cc(OC)c(-c2cc(Cl)ccc2C(C)=O)cc1=O. The fourth-order valence-corrected chi connectivity index (χ4v) is 3.07. The molecule has 1 aromatic heterocycles. The molecule has 2 aromatic rings. The van der Waals surface area contributed by atoms with Crippen LogP contribution in [0.4, 0.5) is 0 Å². The Kier molecular flexibility index (Phi) is 7.50. The number of rotatable bonds is 8. The molecular weight excluding hydrogens is 394 g/mol. The molecule has 1 unspecified atom stereocenters. The third-order valence-corrected chi connectivity index (χ3v) is 4.55. The minimum Gasteiger partial charge on any atom is -0.495 e. The number of nitrogens with two attached hydrogens (primary N) is 1. The zero-order chi connectivity index (χ0) is 21.6. The highest BCUT2D eigenvalue weighted by Gasteiger charge is 2.19. The second kappa shape index (κ2) is 9.84. The first-order valence-corrected chi connectivity index (χ1v) is 9.13. The lowest BCUT2D eigenvalue weighted by molar-refractivity contribution is -0.110. The summed E-state index contributed by atoms with van der Waals surface area (Å²) in [5.41, 5.74) is 7.15. The minimum absolute atomic E-state index is 0.133. The summed E-state index contributed by atoms with van der Waals surface area (Å²) in [6, 6.07) is 5.30. The van der Waals surface area contributed by atoms with Gasteiger partial charge in [0.05, 0.1) is 19.3 Å². The number of methoxy groups -OCH3 is 1. The Labute approximate surface area is 173 Å². The second-order valence-corrected chi connectivity index (χ2v) is 6.74. The molecule has 7 nitrogen and oxygen atoms in total. The van der Waals surface area contributed by atoms with Crippen LogP contribution in [0.25, 0.3) is 11.1 Å². The van der Waals surface area contributed by atoms with Crippen molar-refractivity contribution in [3.63, 3.8) is 0 Å². The van der Waals surface area contributed by atoms with Crippen LogP contribution in [0.5, 0.6) is 5.75 Å². The van der Waals surface area contributed by atoms with E-state index in [1.165, 1.54) is 37.1 Å². The molecular formula is C21H22ClN3O4. The van der Waals surface area contributed by atoms with Gasteiger partial charge in [-0.05, 0) is 36.8 Å². The number of hydrogen-bond acceptors (Lipinski definition) is 6. The number of carbonyl (C=O) groups is 2. The molecule has 0 aliphatic rings. The van der Waals surface area contributed by atoms with Crippen molar-refractivity contribution in [2.75, 3.05) is 14.2 Å². The molecule has 0 amide bonds. The van der Waals surface area contributed by atoms with Gasteiger partial charge in [0.2, 0.25) is 0 Å². The van der Waals surface area contributed by atoms with Crippen LogP contribution in [0.3, 0.4) is 0 Å². The van der Waals surface area contributed by atoms with Gasteiger partial charge in [0.15, 0.2) is 5.78 Å². The molecule has 0 radical (unpaired) electrons. The smallest absolute Gasteiger partial charge is 0.252 e. The van der Waals surface area contributed by atoms with Gasteiger partial charge in [0.1, 0.15) is 12.0 Å². The highest BCUT2D eigenvalue weighted by molar-refractivity contribution is 6.31. The first-order valence-electron chi connectivity index (χ1n) is 8.75. The average Bonchev–Trinajstić information content (AvgIpc) is 2.70. The molecule has 0 spiro atoms. The molecule has 0 aliphatic carbocycles. The summed E-state index contributed by atoms with van der Waals surface area (Å²) >= 11 is 6.10. The summed E-state index contributed by atoms with van der Waals surface area (Å²) < 4.78 is 6.68. The Balaban J connectivity index is 2.61. The number of pyridine rings is 1. The Hall–Kier alpha value is -3.19. The second-order valence-electron chi connectivity index (χ2n) is 6.30. The van der Waals surface area contributed by atoms with Gasteiger partial charge in [-0.15, -0.1) is 0 Å². The van der Waals surface area contributed by atoms with Gasteiger partial charge in [-0.3, -0.25) is 14.6 Å². The van der Waals surface area contributed by atoms with Crippen molar-refractivity contribution in [1.82, 2.24) is 4.57 Å². The van der Waals surface area contributed by atoms with E-state index in [1.807, 2.05) is 0 Å². The van der Waals surface area contributed by atoms with Crippen LogP contribution in [-0.2, 0) is 4.79 Å². The Bertz CT molecular complexity index is 1040. The molecule has 29 heavy (non-hydrogen) atoms. The number of benzene rings is 1. The molecule has 2 rings (SSSR count). The summed E-state index contributed by atoms with van der Waals surface area (Å²) in [5, 5.41) is 0.414. The fourth-order valence-electron chi connectivity index (χ4n) is 2.90. The van der Waals surface area contributed by atoms with E-state index in [2.05, 4.69) is 4.99 Å². The highest BCUT2D eigenvalue weighted by Crippen LogP contribution is 2.34. The largest absolute Gasteiger partial charge is 0.495 e. The summed E-state index contributed by atoms with van der Waals surface area (Å²) in [5.74, 6) is 0.142. The van der Waals surface area contributed by atoms with Crippen LogP contribution < -0.4 is 16.0 Å². The van der Waals surface area contributed by atoms with Gasteiger partial charge >= 0.3 is 0 Å². The van der Waals surface area contributed by atoms with Gasteiger partial charge < -0.3 is 19.8 Å². The number of carbonyl (C=O) groups excluding carboxylic acids is 2. The van der Waals surface area contributed by atoms with E-state index in [9.17, 15) is 14.4 Å². The van der Waals surface area contributed by atoms with Crippen LogP contribution in [0.15, 0.2) is 52.0 Å². The molecule has 0 saturated carbocycles. The van der Waals surface area contributed by atoms with Crippen LogP contribution in [-0.4, -0.2) is 37.0 Å². The van der Waals surface area contributed by atoms with Crippen molar-refractivity contribution >= 4 is 29.9 Å². The summed E-state index contributed by atoms with van der Waals surface area (Å²) in [4.78, 5) is 40.2. The van der Waals surface area contributed by atoms with E-state index < -0.39 is 11.6 Å². The predicted octanol–water partition coefficient (Wildman–Crippen LogP) is 3.05. The molecule has 8 heteroatoms. The number of nitrogens with zero attached hydrogens (tertiary/aromatic N) is 2. The topological polar surface area (TPSA) is 104 Å². The van der Waals surface area contributed by atoms with Crippen LogP contribution in [0.1, 0.15) is 29.7 Å². The van der Waals surface area contributed by atoms with Crippen molar-refractivity contribution < 1.29 is 14.3 Å².